The third-order valence-corrected chi connectivity index (χ3v) is 2.21. The minimum atomic E-state index is -2.86. The van der Waals surface area contributed by atoms with Crippen molar-refractivity contribution in [1.29, 1.82) is 0 Å². The molecular formula is C7H5BrClF2NO. The second-order valence-corrected chi connectivity index (χ2v) is 3.09. The Morgan fingerprint density at radius 3 is 2.85 bits per heavy atom. The number of rotatable bonds is 3. The highest BCUT2D eigenvalue weighted by Crippen LogP contribution is 2.22. The van der Waals surface area contributed by atoms with Crippen molar-refractivity contribution >= 4 is 27.5 Å². The number of hydrogen-bond acceptors (Lipinski definition) is 2. The highest BCUT2D eigenvalue weighted by Gasteiger charge is 2.07. The van der Waals surface area contributed by atoms with Gasteiger partial charge in [0.25, 0.3) is 0 Å². The third-order valence-electron chi connectivity index (χ3n) is 1.26. The molecule has 0 saturated carbocycles. The Morgan fingerprint density at radius 2 is 2.31 bits per heavy atom. The van der Waals surface area contributed by atoms with Gasteiger partial charge in [-0.3, -0.25) is 0 Å². The zero-order valence-electron chi connectivity index (χ0n) is 6.31. The van der Waals surface area contributed by atoms with Crippen LogP contribution >= 0.6 is 27.5 Å². The van der Waals surface area contributed by atoms with Gasteiger partial charge in [0.15, 0.2) is 0 Å². The van der Waals surface area contributed by atoms with Crippen molar-refractivity contribution in [3.8, 4) is 5.88 Å². The zero-order chi connectivity index (χ0) is 9.84. The largest absolute Gasteiger partial charge is 0.417 e. The van der Waals surface area contributed by atoms with Gasteiger partial charge < -0.3 is 4.74 Å². The van der Waals surface area contributed by atoms with Crippen LogP contribution in [-0.2, 0) is 5.33 Å². The first-order chi connectivity index (χ1) is 6.13. The lowest BCUT2D eigenvalue weighted by Crippen LogP contribution is -2.03. The summed E-state index contributed by atoms with van der Waals surface area (Å²) in [7, 11) is 0. The Balaban J connectivity index is 2.86. The second kappa shape index (κ2) is 4.72. The summed E-state index contributed by atoms with van der Waals surface area (Å²) >= 11 is 8.85. The number of aromatic nitrogens is 1. The number of alkyl halides is 3. The van der Waals surface area contributed by atoms with Gasteiger partial charge in [0.1, 0.15) is 0 Å². The minimum Gasteiger partial charge on any atom is -0.417 e. The summed E-state index contributed by atoms with van der Waals surface area (Å²) in [6.07, 6.45) is 1.27. The maximum Gasteiger partial charge on any atom is 0.388 e. The van der Waals surface area contributed by atoms with Crippen LogP contribution in [0.5, 0.6) is 5.88 Å². The van der Waals surface area contributed by atoms with Crippen molar-refractivity contribution in [2.45, 2.75) is 11.9 Å². The van der Waals surface area contributed by atoms with Crippen LogP contribution in [0.15, 0.2) is 12.3 Å². The maximum atomic E-state index is 11.7. The quantitative estimate of drug-likeness (QED) is 0.788. The summed E-state index contributed by atoms with van der Waals surface area (Å²) < 4.78 is 27.6. The van der Waals surface area contributed by atoms with Gasteiger partial charge in [0.05, 0.1) is 5.02 Å². The average molecular weight is 272 g/mol. The van der Waals surface area contributed by atoms with Gasteiger partial charge in [0.2, 0.25) is 5.88 Å². The van der Waals surface area contributed by atoms with Crippen LogP contribution in [0.25, 0.3) is 0 Å². The van der Waals surface area contributed by atoms with Crippen LogP contribution in [0.4, 0.5) is 8.78 Å². The third kappa shape index (κ3) is 3.08. The predicted octanol–water partition coefficient (Wildman–Crippen LogP) is 3.23. The molecule has 1 heterocycles. The lowest BCUT2D eigenvalue weighted by molar-refractivity contribution is -0.0528. The fourth-order valence-electron chi connectivity index (χ4n) is 0.717. The van der Waals surface area contributed by atoms with Crippen molar-refractivity contribution in [2.75, 3.05) is 0 Å². The van der Waals surface area contributed by atoms with Gasteiger partial charge in [-0.1, -0.05) is 27.5 Å². The smallest absolute Gasteiger partial charge is 0.388 e. The molecule has 1 aromatic rings. The molecule has 0 radical (unpaired) electrons. The first-order valence-electron chi connectivity index (χ1n) is 3.28. The van der Waals surface area contributed by atoms with E-state index in [-0.39, 0.29) is 5.88 Å². The van der Waals surface area contributed by atoms with E-state index in [4.69, 9.17) is 11.6 Å². The summed E-state index contributed by atoms with van der Waals surface area (Å²) in [5.41, 5.74) is 0.660. The predicted molar refractivity (Wildman–Crippen MR) is 48.5 cm³/mol. The van der Waals surface area contributed by atoms with Crippen molar-refractivity contribution in [1.82, 2.24) is 4.98 Å². The fraction of sp³-hybridized carbons (Fsp3) is 0.286. The molecule has 0 unspecified atom stereocenters. The molecule has 0 aliphatic rings. The van der Waals surface area contributed by atoms with Gasteiger partial charge in [-0.2, -0.15) is 8.78 Å². The topological polar surface area (TPSA) is 22.1 Å². The number of nitrogens with zero attached hydrogens (tertiary/aromatic N) is 1. The highest BCUT2D eigenvalue weighted by molar-refractivity contribution is 9.08. The van der Waals surface area contributed by atoms with Crippen LogP contribution in [0.1, 0.15) is 5.56 Å². The summed E-state index contributed by atoms with van der Waals surface area (Å²) in [6, 6.07) is 1.36. The van der Waals surface area contributed by atoms with Crippen LogP contribution < -0.4 is 4.74 Å². The molecule has 0 aliphatic heterocycles. The van der Waals surface area contributed by atoms with Gasteiger partial charge in [0, 0.05) is 17.6 Å². The van der Waals surface area contributed by atoms with E-state index >= 15 is 0 Å². The van der Waals surface area contributed by atoms with E-state index in [0.29, 0.717) is 15.9 Å². The summed E-state index contributed by atoms with van der Waals surface area (Å²) in [6.45, 7) is -2.86. The van der Waals surface area contributed by atoms with E-state index in [1.54, 1.807) is 0 Å². The van der Waals surface area contributed by atoms with E-state index in [1.807, 2.05) is 0 Å². The molecule has 6 heteroatoms. The molecule has 1 rings (SSSR count). The molecule has 72 valence electrons. The Bertz CT molecular complexity index is 298. The lowest BCUT2D eigenvalue weighted by Gasteiger charge is -2.05. The van der Waals surface area contributed by atoms with E-state index in [1.165, 1.54) is 12.3 Å². The number of pyridine rings is 1. The molecule has 0 atom stereocenters. The van der Waals surface area contributed by atoms with E-state index < -0.39 is 6.61 Å². The average Bonchev–Trinajstić information content (AvgIpc) is 2.07. The van der Waals surface area contributed by atoms with Gasteiger partial charge >= 0.3 is 6.61 Å². The fourth-order valence-corrected chi connectivity index (χ4v) is 1.51. The maximum absolute atomic E-state index is 11.7. The second-order valence-electron chi connectivity index (χ2n) is 2.13. The van der Waals surface area contributed by atoms with Crippen LogP contribution in [0.2, 0.25) is 5.02 Å². The van der Waals surface area contributed by atoms with E-state index in [9.17, 15) is 8.78 Å². The Morgan fingerprint density at radius 1 is 1.62 bits per heavy atom. The molecule has 13 heavy (non-hydrogen) atoms. The molecule has 0 saturated heterocycles. The molecular weight excluding hydrogens is 267 g/mol. The summed E-state index contributed by atoms with van der Waals surface area (Å²) in [5.74, 6) is -0.131. The molecule has 0 amide bonds. The Kier molecular flexibility index (Phi) is 3.87. The highest BCUT2D eigenvalue weighted by atomic mass is 79.9. The molecule has 2 nitrogen and oxygen atoms in total. The zero-order valence-corrected chi connectivity index (χ0v) is 8.65. The van der Waals surface area contributed by atoms with Crippen LogP contribution in [0, 0.1) is 0 Å². The molecule has 0 aliphatic carbocycles. The molecule has 0 spiro atoms. The standard InChI is InChI=1S/C7H5BrClF2NO/c8-2-4-1-6(13-7(10)11)12-3-5(4)9/h1,3,7H,2H2. The van der Waals surface area contributed by atoms with E-state index in [0.717, 1.165) is 0 Å². The normalized spacial score (nSPS) is 10.5. The van der Waals surface area contributed by atoms with Crippen molar-refractivity contribution in [3.63, 3.8) is 0 Å². The van der Waals surface area contributed by atoms with E-state index in [2.05, 4.69) is 25.7 Å². The molecule has 1 aromatic heterocycles. The van der Waals surface area contributed by atoms with Gasteiger partial charge in [-0.25, -0.2) is 4.98 Å². The van der Waals surface area contributed by atoms with Crippen molar-refractivity contribution in [3.05, 3.63) is 22.8 Å². The van der Waals surface area contributed by atoms with Crippen molar-refractivity contribution < 1.29 is 13.5 Å². The number of hydrogen-bond donors (Lipinski definition) is 0. The summed E-state index contributed by atoms with van der Waals surface area (Å²) in [4.78, 5) is 3.57. The first-order valence-corrected chi connectivity index (χ1v) is 4.78. The van der Waals surface area contributed by atoms with Crippen LogP contribution in [0.3, 0.4) is 0 Å². The SMILES string of the molecule is FC(F)Oc1cc(CBr)c(Cl)cn1. The number of ether oxygens (including phenoxy) is 1. The molecule has 0 bridgehead atoms. The Labute approximate surface area is 87.0 Å². The Hall–Kier alpha value is -0.420. The lowest BCUT2D eigenvalue weighted by atomic mass is 10.3. The van der Waals surface area contributed by atoms with Crippen molar-refractivity contribution in [2.24, 2.45) is 0 Å². The first kappa shape index (κ1) is 10.7. The van der Waals surface area contributed by atoms with Gasteiger partial charge in [-0.15, -0.1) is 0 Å². The summed E-state index contributed by atoms with van der Waals surface area (Å²) in [5, 5.41) is 0.881. The minimum absolute atomic E-state index is 0.131. The molecule has 0 fully saturated rings. The molecule has 0 aromatic carbocycles. The van der Waals surface area contributed by atoms with Crippen LogP contribution in [-0.4, -0.2) is 11.6 Å². The number of halogens is 4. The molecule has 0 N–H and O–H groups in total. The van der Waals surface area contributed by atoms with Gasteiger partial charge in [-0.05, 0) is 5.56 Å². The monoisotopic (exact) mass is 271 g/mol.